The van der Waals surface area contributed by atoms with Gasteiger partial charge in [0.15, 0.2) is 5.65 Å². The summed E-state index contributed by atoms with van der Waals surface area (Å²) in [7, 11) is 1.52. The largest absolute Gasteiger partial charge is 0.496 e. The number of pyridine rings is 1. The predicted molar refractivity (Wildman–Crippen MR) is 107 cm³/mol. The summed E-state index contributed by atoms with van der Waals surface area (Å²) in [6.07, 6.45) is 6.78. The highest BCUT2D eigenvalue weighted by Crippen LogP contribution is 2.23. The number of ether oxygens (including phenoxy) is 1. The summed E-state index contributed by atoms with van der Waals surface area (Å²) in [4.78, 5) is 8.84. The van der Waals surface area contributed by atoms with E-state index < -0.39 is 0 Å². The number of fused-ring (bicyclic) bond motifs is 1. The molecule has 1 N–H and O–H groups in total. The third kappa shape index (κ3) is 3.87. The quantitative estimate of drug-likeness (QED) is 0.520. The first kappa shape index (κ1) is 18.8. The van der Waals surface area contributed by atoms with E-state index >= 15 is 0 Å². The van der Waals surface area contributed by atoms with Crippen molar-refractivity contribution in [2.75, 3.05) is 12.4 Å². The molecule has 1 aromatic carbocycles. The molecule has 3 heterocycles. The number of aromatic nitrogens is 5. The van der Waals surface area contributed by atoms with E-state index in [0.29, 0.717) is 17.3 Å². The lowest BCUT2D eigenvalue weighted by Crippen LogP contribution is -2.10. The van der Waals surface area contributed by atoms with Crippen LogP contribution in [0, 0.1) is 12.7 Å². The van der Waals surface area contributed by atoms with Gasteiger partial charge in [0.25, 0.3) is 0 Å². The fourth-order valence-electron chi connectivity index (χ4n) is 3.30. The molecule has 0 atom stereocenters. The lowest BCUT2D eigenvalue weighted by Gasteiger charge is -2.13. The van der Waals surface area contributed by atoms with Crippen LogP contribution in [0.25, 0.3) is 5.65 Å². The van der Waals surface area contributed by atoms with Gasteiger partial charge >= 0.3 is 0 Å². The van der Waals surface area contributed by atoms with Crippen LogP contribution < -0.4 is 10.1 Å². The SMILES string of the molecule is COc1cccc(F)c1CNc1ncc(CCc2cccnc2C)c2nncn12. The van der Waals surface area contributed by atoms with Gasteiger partial charge in [-0.05, 0) is 43.5 Å². The zero-order valence-corrected chi connectivity index (χ0v) is 16.3. The first-order valence-corrected chi connectivity index (χ1v) is 9.30. The summed E-state index contributed by atoms with van der Waals surface area (Å²) >= 11 is 0. The van der Waals surface area contributed by atoms with Crippen molar-refractivity contribution in [2.45, 2.75) is 26.3 Å². The van der Waals surface area contributed by atoms with Gasteiger partial charge in [0.1, 0.15) is 17.9 Å². The summed E-state index contributed by atoms with van der Waals surface area (Å²) in [5.41, 5.74) is 4.37. The zero-order valence-electron chi connectivity index (χ0n) is 16.3. The standard InChI is InChI=1S/C21H21FN6O/c1-14-15(5-4-10-23-14)8-9-16-11-24-21(28-13-26-27-20(16)28)25-12-17-18(22)6-3-7-19(17)29-2/h3-7,10-11,13H,8-9,12H2,1-2H3,(H,24,25). The zero-order chi connectivity index (χ0) is 20.2. The second-order valence-electron chi connectivity index (χ2n) is 6.65. The fraction of sp³-hybridized carbons (Fsp3) is 0.238. The Bertz CT molecular complexity index is 1140. The number of methoxy groups -OCH3 is 1. The van der Waals surface area contributed by atoms with Gasteiger partial charge in [-0.2, -0.15) is 0 Å². The van der Waals surface area contributed by atoms with E-state index in [4.69, 9.17) is 4.74 Å². The molecule has 4 aromatic rings. The molecule has 8 heteroatoms. The first-order chi connectivity index (χ1) is 14.2. The normalized spacial score (nSPS) is 11.0. The van der Waals surface area contributed by atoms with Crippen LogP contribution in [0.5, 0.6) is 5.75 Å². The molecule has 7 nitrogen and oxygen atoms in total. The van der Waals surface area contributed by atoms with Gasteiger partial charge in [-0.25, -0.2) is 9.37 Å². The number of benzene rings is 1. The molecular weight excluding hydrogens is 371 g/mol. The molecule has 0 bridgehead atoms. The Hall–Kier alpha value is -3.55. The topological polar surface area (TPSA) is 77.2 Å². The molecule has 148 valence electrons. The van der Waals surface area contributed by atoms with Crippen molar-refractivity contribution in [3.05, 3.63) is 77.3 Å². The molecule has 0 saturated carbocycles. The molecule has 3 aromatic heterocycles. The van der Waals surface area contributed by atoms with E-state index in [0.717, 1.165) is 29.7 Å². The van der Waals surface area contributed by atoms with E-state index in [1.165, 1.54) is 18.7 Å². The van der Waals surface area contributed by atoms with E-state index in [1.54, 1.807) is 35.3 Å². The third-order valence-corrected chi connectivity index (χ3v) is 4.90. The van der Waals surface area contributed by atoms with Crippen molar-refractivity contribution >= 4 is 11.6 Å². The Kier molecular flexibility index (Phi) is 5.33. The molecule has 0 aliphatic rings. The van der Waals surface area contributed by atoms with Crippen LogP contribution >= 0.6 is 0 Å². The monoisotopic (exact) mass is 392 g/mol. The van der Waals surface area contributed by atoms with Gasteiger partial charge in [0.2, 0.25) is 5.95 Å². The van der Waals surface area contributed by atoms with Gasteiger partial charge in [0.05, 0.1) is 7.11 Å². The Morgan fingerprint density at radius 1 is 1.10 bits per heavy atom. The highest BCUT2D eigenvalue weighted by atomic mass is 19.1. The lowest BCUT2D eigenvalue weighted by molar-refractivity contribution is 0.405. The molecule has 0 aliphatic heterocycles. The van der Waals surface area contributed by atoms with Gasteiger partial charge in [-0.1, -0.05) is 12.1 Å². The van der Waals surface area contributed by atoms with Crippen LogP contribution in [0.4, 0.5) is 10.3 Å². The fourth-order valence-corrected chi connectivity index (χ4v) is 3.30. The molecular formula is C21H21FN6O. The summed E-state index contributed by atoms with van der Waals surface area (Å²) in [6.45, 7) is 2.23. The minimum absolute atomic E-state index is 0.227. The van der Waals surface area contributed by atoms with Crippen LogP contribution in [0.15, 0.2) is 49.1 Å². The van der Waals surface area contributed by atoms with E-state index in [2.05, 4.69) is 31.5 Å². The van der Waals surface area contributed by atoms with E-state index in [-0.39, 0.29) is 12.4 Å². The highest BCUT2D eigenvalue weighted by Gasteiger charge is 2.13. The summed E-state index contributed by atoms with van der Waals surface area (Å²) in [6, 6.07) is 8.77. The Balaban J connectivity index is 1.55. The summed E-state index contributed by atoms with van der Waals surface area (Å²) < 4.78 is 21.2. The maximum Gasteiger partial charge on any atom is 0.210 e. The van der Waals surface area contributed by atoms with Gasteiger partial charge < -0.3 is 10.1 Å². The predicted octanol–water partition coefficient (Wildman–Crippen LogP) is 3.37. The highest BCUT2D eigenvalue weighted by molar-refractivity contribution is 5.51. The molecule has 0 aliphatic carbocycles. The molecule has 0 amide bonds. The first-order valence-electron chi connectivity index (χ1n) is 9.30. The Morgan fingerprint density at radius 3 is 2.79 bits per heavy atom. The molecule has 0 unspecified atom stereocenters. The molecule has 0 radical (unpaired) electrons. The second kappa shape index (κ2) is 8.22. The number of hydrogen-bond donors (Lipinski definition) is 1. The second-order valence-corrected chi connectivity index (χ2v) is 6.65. The molecule has 29 heavy (non-hydrogen) atoms. The van der Waals surface area contributed by atoms with Gasteiger partial charge in [-0.3, -0.25) is 9.38 Å². The number of nitrogens with one attached hydrogen (secondary N) is 1. The van der Waals surface area contributed by atoms with Gasteiger partial charge in [0, 0.05) is 35.8 Å². The smallest absolute Gasteiger partial charge is 0.210 e. The Labute approximate surface area is 167 Å². The molecule has 0 saturated heterocycles. The Morgan fingerprint density at radius 2 is 1.97 bits per heavy atom. The van der Waals surface area contributed by atoms with Gasteiger partial charge in [-0.15, -0.1) is 10.2 Å². The van der Waals surface area contributed by atoms with Crippen LogP contribution in [0.2, 0.25) is 0 Å². The number of halogens is 1. The van der Waals surface area contributed by atoms with E-state index in [9.17, 15) is 4.39 Å². The van der Waals surface area contributed by atoms with Crippen LogP contribution in [0.3, 0.4) is 0 Å². The average molecular weight is 392 g/mol. The van der Waals surface area contributed by atoms with Crippen molar-refractivity contribution in [2.24, 2.45) is 0 Å². The number of anilines is 1. The number of rotatable bonds is 7. The third-order valence-electron chi connectivity index (χ3n) is 4.90. The van der Waals surface area contributed by atoms with Crippen molar-refractivity contribution in [1.29, 1.82) is 0 Å². The number of hydrogen-bond acceptors (Lipinski definition) is 6. The maximum atomic E-state index is 14.2. The minimum Gasteiger partial charge on any atom is -0.496 e. The molecule has 4 rings (SSSR count). The van der Waals surface area contributed by atoms with Crippen molar-refractivity contribution in [3.8, 4) is 5.75 Å². The summed E-state index contributed by atoms with van der Waals surface area (Å²) in [5.74, 6) is 0.692. The number of aryl methyl sites for hydroxylation is 3. The summed E-state index contributed by atoms with van der Waals surface area (Å²) in [5, 5.41) is 11.4. The molecule has 0 fully saturated rings. The van der Waals surface area contributed by atoms with Crippen molar-refractivity contribution < 1.29 is 9.13 Å². The van der Waals surface area contributed by atoms with Crippen LogP contribution in [-0.2, 0) is 19.4 Å². The maximum absolute atomic E-state index is 14.2. The van der Waals surface area contributed by atoms with Crippen LogP contribution in [-0.4, -0.2) is 31.7 Å². The lowest BCUT2D eigenvalue weighted by atomic mass is 10.1. The number of nitrogens with zero attached hydrogens (tertiary/aromatic N) is 5. The van der Waals surface area contributed by atoms with Crippen LogP contribution in [0.1, 0.15) is 22.4 Å². The van der Waals surface area contributed by atoms with E-state index in [1.807, 2.05) is 13.0 Å². The average Bonchev–Trinajstić information content (AvgIpc) is 3.23. The van der Waals surface area contributed by atoms with Crippen molar-refractivity contribution in [1.82, 2.24) is 24.6 Å². The molecule has 0 spiro atoms. The van der Waals surface area contributed by atoms with Crippen molar-refractivity contribution in [3.63, 3.8) is 0 Å². The minimum atomic E-state index is -0.333.